The minimum Gasteiger partial charge on any atom is -0.333 e. The second-order valence-electron chi connectivity index (χ2n) is 0.247. The summed E-state index contributed by atoms with van der Waals surface area (Å²) >= 11 is -1.72. The predicted octanol–water partition coefficient (Wildman–Crippen LogP) is 1.26. The molecule has 0 aromatic carbocycles. The molecule has 0 bridgehead atoms. The number of rotatable bonds is 0. The highest BCUT2D eigenvalue weighted by Gasteiger charge is 2.00. The Morgan fingerprint density at radius 2 is 1.17 bits per heavy atom. The van der Waals surface area contributed by atoms with Crippen molar-refractivity contribution in [1.29, 1.82) is 0 Å². The molecule has 0 saturated carbocycles. The van der Waals surface area contributed by atoms with Gasteiger partial charge in [0.05, 0.1) is 0 Å². The summed E-state index contributed by atoms with van der Waals surface area (Å²) in [5.74, 6) is 0. The molecule has 0 aromatic rings. The highest BCUT2D eigenvalue weighted by Crippen LogP contribution is 1.97. The Bertz CT molecular complexity index is 15.5. The van der Waals surface area contributed by atoms with E-state index in [0.29, 0.717) is 0 Å². The number of nitrogens with two attached hydrogens (primary N) is 1. The summed E-state index contributed by atoms with van der Waals surface area (Å²) in [4.78, 5) is 0. The van der Waals surface area contributed by atoms with Crippen molar-refractivity contribution in [3.8, 4) is 0 Å². The first-order valence-electron chi connectivity index (χ1n) is 1.23. The van der Waals surface area contributed by atoms with Gasteiger partial charge < -0.3 is 5.73 Å². The van der Waals surface area contributed by atoms with Crippen molar-refractivity contribution in [3.05, 3.63) is 0 Å². The molecule has 0 aromatic heterocycles. The second-order valence-corrected chi connectivity index (χ2v) is 6.68. The van der Waals surface area contributed by atoms with Gasteiger partial charge in [-0.1, -0.05) is 0 Å². The van der Waals surface area contributed by atoms with Crippen LogP contribution in [0.2, 0.25) is 0 Å². The lowest BCUT2D eigenvalue weighted by Crippen LogP contribution is -1.69. The molecule has 5 heteroatoms. The lowest BCUT2D eigenvalue weighted by atomic mass is 11.6. The average Bonchev–Trinajstić information content (AvgIpc) is 1.41. The van der Waals surface area contributed by atoms with Crippen LogP contribution in [0.5, 0.6) is 0 Å². The fraction of sp³-hybridized carbons (Fsp3) is 1.00. The summed E-state index contributed by atoms with van der Waals surface area (Å²) < 4.78 is 0. The first-order chi connectivity index (χ1) is 2.73. The van der Waals surface area contributed by atoms with Gasteiger partial charge in [-0.3, -0.25) is 0 Å². The van der Waals surface area contributed by atoms with Gasteiger partial charge in [0.2, 0.25) is 0 Å². The van der Waals surface area contributed by atoms with Gasteiger partial charge in [-0.2, -0.15) is 0 Å². The topological polar surface area (TPSA) is 26.0 Å². The van der Waals surface area contributed by atoms with Crippen molar-refractivity contribution in [3.63, 3.8) is 0 Å². The van der Waals surface area contributed by atoms with Crippen molar-refractivity contribution in [2.45, 2.75) is 0 Å². The number of hydrogen-bond acceptors (Lipinski definition) is 1. The fourth-order valence-electron chi connectivity index (χ4n) is 0. The molecule has 0 spiro atoms. The van der Waals surface area contributed by atoms with Crippen molar-refractivity contribution < 1.29 is 0 Å². The molecule has 0 atom stereocenters. The highest BCUT2D eigenvalue weighted by atomic mass is 35.8. The zero-order chi connectivity index (χ0) is 5.58. The zero-order valence-corrected chi connectivity index (χ0v) is 6.71. The lowest BCUT2D eigenvalue weighted by molar-refractivity contribution is 1.48. The van der Waals surface area contributed by atoms with Gasteiger partial charge >= 0.3 is 11.4 Å². The standard InChI is InChI=1S/CH5N.Al.3ClH/c1-2;;;;/h2H2,1H3;;3*1H/q;+3;;;/p-3. The first kappa shape index (κ1) is 10.4. The molecule has 0 heterocycles. The van der Waals surface area contributed by atoms with Gasteiger partial charge in [-0.15, -0.1) is 0 Å². The fourth-order valence-corrected chi connectivity index (χ4v) is 0. The van der Waals surface area contributed by atoms with Crippen LogP contribution in [-0.2, 0) is 0 Å². The molecule has 6 heavy (non-hydrogen) atoms. The summed E-state index contributed by atoms with van der Waals surface area (Å²) in [6.45, 7) is 0. The van der Waals surface area contributed by atoms with Gasteiger partial charge in [-0.05, 0) is 7.05 Å². The largest absolute Gasteiger partial charge is 0.643 e. The molecule has 2 N–H and O–H groups in total. The molecule has 0 aliphatic heterocycles. The minimum atomic E-state index is -1.72. The van der Waals surface area contributed by atoms with E-state index in [1.165, 1.54) is 7.05 Å². The van der Waals surface area contributed by atoms with Crippen LogP contribution in [0.4, 0.5) is 0 Å². The third-order valence-electron chi connectivity index (χ3n) is 0. The van der Waals surface area contributed by atoms with Gasteiger partial charge in [0.25, 0.3) is 0 Å². The van der Waals surface area contributed by atoms with Crippen LogP contribution in [0.25, 0.3) is 0 Å². The SMILES string of the molecule is CN.[Cl][Al]([Cl])[Cl]. The van der Waals surface area contributed by atoms with Gasteiger partial charge in [0, 0.05) is 0 Å². The molecular weight excluding hydrogens is 159 g/mol. The van der Waals surface area contributed by atoms with Crippen LogP contribution in [0.1, 0.15) is 0 Å². The van der Waals surface area contributed by atoms with E-state index < -0.39 is 11.4 Å². The van der Waals surface area contributed by atoms with Crippen molar-refractivity contribution in [2.24, 2.45) is 5.73 Å². The Kier molecular flexibility index (Phi) is 16.6. The Labute approximate surface area is 54.4 Å². The number of hydrogen-bond donors (Lipinski definition) is 1. The van der Waals surface area contributed by atoms with Crippen LogP contribution in [-0.4, -0.2) is 18.4 Å². The van der Waals surface area contributed by atoms with Crippen LogP contribution >= 0.6 is 30.1 Å². The molecule has 0 aliphatic rings. The Hall–Kier alpha value is 1.36. The summed E-state index contributed by atoms with van der Waals surface area (Å²) in [5, 5.41) is 0. The van der Waals surface area contributed by atoms with Gasteiger partial charge in [0.1, 0.15) is 0 Å². The Balaban J connectivity index is 0. The van der Waals surface area contributed by atoms with E-state index in [1.807, 2.05) is 0 Å². The molecule has 0 amide bonds. The second kappa shape index (κ2) is 9.61. The highest BCUT2D eigenvalue weighted by molar-refractivity contribution is 7.54. The smallest absolute Gasteiger partial charge is 0.333 e. The van der Waals surface area contributed by atoms with E-state index in [2.05, 4.69) is 5.73 Å². The molecule has 38 valence electrons. The molecule has 0 radical (unpaired) electrons. The third kappa shape index (κ3) is 55.0. The molecule has 0 rings (SSSR count). The minimum absolute atomic E-state index is 1.50. The lowest BCUT2D eigenvalue weighted by Gasteiger charge is -1.57. The Morgan fingerprint density at radius 1 is 1.17 bits per heavy atom. The maximum atomic E-state index is 4.94. The summed E-state index contributed by atoms with van der Waals surface area (Å²) in [6, 6.07) is 0. The Morgan fingerprint density at radius 3 is 1.17 bits per heavy atom. The van der Waals surface area contributed by atoms with E-state index in [0.717, 1.165) is 0 Å². The summed E-state index contributed by atoms with van der Waals surface area (Å²) in [5.41, 5.74) is 4.50. The van der Waals surface area contributed by atoms with Gasteiger partial charge in [-0.25, -0.2) is 30.1 Å². The molecule has 0 unspecified atom stereocenters. The molecule has 0 saturated heterocycles. The van der Waals surface area contributed by atoms with Crippen molar-refractivity contribution >= 4 is 41.5 Å². The van der Waals surface area contributed by atoms with Crippen molar-refractivity contribution in [1.82, 2.24) is 0 Å². The van der Waals surface area contributed by atoms with E-state index in [9.17, 15) is 0 Å². The average molecular weight is 164 g/mol. The first-order valence-corrected chi connectivity index (χ1v) is 6.47. The maximum Gasteiger partial charge on any atom is 0.643 e. The van der Waals surface area contributed by atoms with Crippen LogP contribution in [0.3, 0.4) is 0 Å². The number of halogens is 3. The van der Waals surface area contributed by atoms with Crippen LogP contribution < -0.4 is 5.73 Å². The molecule has 0 aliphatic carbocycles. The molecule has 0 fully saturated rings. The van der Waals surface area contributed by atoms with E-state index in [1.54, 1.807) is 0 Å². The van der Waals surface area contributed by atoms with Crippen LogP contribution in [0, 0.1) is 0 Å². The predicted molar refractivity (Wildman–Crippen MR) is 33.4 cm³/mol. The van der Waals surface area contributed by atoms with E-state index in [4.69, 9.17) is 30.1 Å². The maximum absolute atomic E-state index is 4.94. The van der Waals surface area contributed by atoms with E-state index >= 15 is 0 Å². The zero-order valence-electron chi connectivity index (χ0n) is 3.29. The molecular formula is CH5AlCl3N. The quantitative estimate of drug-likeness (QED) is 0.536. The summed E-state index contributed by atoms with van der Waals surface area (Å²) in [7, 11) is 16.3. The van der Waals surface area contributed by atoms with E-state index in [-0.39, 0.29) is 0 Å². The normalized spacial score (nSPS) is 5.50. The van der Waals surface area contributed by atoms with Gasteiger partial charge in [0.15, 0.2) is 0 Å². The molecule has 1 nitrogen and oxygen atoms in total. The third-order valence-corrected chi connectivity index (χ3v) is 0. The van der Waals surface area contributed by atoms with Crippen LogP contribution in [0.15, 0.2) is 0 Å². The van der Waals surface area contributed by atoms with Crippen molar-refractivity contribution in [2.75, 3.05) is 7.05 Å². The monoisotopic (exact) mass is 163 g/mol. The summed E-state index contributed by atoms with van der Waals surface area (Å²) in [6.07, 6.45) is 0.